The number of fused-ring (bicyclic) bond motifs is 1. The Morgan fingerprint density at radius 3 is 2.85 bits per heavy atom. The molecule has 0 saturated carbocycles. The molecule has 1 fully saturated rings. The third-order valence-electron chi connectivity index (χ3n) is 3.65. The fourth-order valence-electron chi connectivity index (χ4n) is 2.60. The van der Waals surface area contributed by atoms with Crippen LogP contribution in [0, 0.1) is 5.92 Å². The zero-order chi connectivity index (χ0) is 14.2. The van der Waals surface area contributed by atoms with E-state index in [0.29, 0.717) is 18.1 Å². The molecular formula is C14H16ClNO2S2. The fraction of sp³-hybridized carbons (Fsp3) is 0.429. The zero-order valence-electron chi connectivity index (χ0n) is 10.9. The summed E-state index contributed by atoms with van der Waals surface area (Å²) in [6, 6.07) is 8.09. The van der Waals surface area contributed by atoms with Crippen LogP contribution in [0.2, 0.25) is 5.02 Å². The molecule has 0 radical (unpaired) electrons. The van der Waals surface area contributed by atoms with E-state index in [1.165, 1.54) is 4.70 Å². The van der Waals surface area contributed by atoms with Crippen LogP contribution < -0.4 is 5.32 Å². The topological polar surface area (TPSA) is 46.2 Å². The van der Waals surface area contributed by atoms with Crippen LogP contribution in [0.5, 0.6) is 0 Å². The normalized spacial score (nSPS) is 21.6. The minimum Gasteiger partial charge on any atom is -0.311 e. The molecule has 3 nitrogen and oxygen atoms in total. The average molecular weight is 330 g/mol. The van der Waals surface area contributed by atoms with Gasteiger partial charge in [-0.25, -0.2) is 8.42 Å². The Kier molecular flexibility index (Phi) is 4.04. The van der Waals surface area contributed by atoms with Crippen LogP contribution in [-0.4, -0.2) is 26.5 Å². The molecule has 20 heavy (non-hydrogen) atoms. The molecule has 0 bridgehead atoms. The van der Waals surface area contributed by atoms with Crippen molar-refractivity contribution in [1.29, 1.82) is 0 Å². The smallest absolute Gasteiger partial charge is 0.150 e. The summed E-state index contributed by atoms with van der Waals surface area (Å²) in [5.74, 6) is 0.900. The van der Waals surface area contributed by atoms with E-state index in [9.17, 15) is 8.42 Å². The monoisotopic (exact) mass is 329 g/mol. The Labute approximate surface area is 127 Å². The molecule has 6 heteroatoms. The third-order valence-corrected chi connectivity index (χ3v) is 7.20. The Hall–Kier alpha value is -0.620. The molecule has 3 rings (SSSR count). The van der Waals surface area contributed by atoms with Gasteiger partial charge in [-0.05, 0) is 24.9 Å². The molecule has 1 aromatic heterocycles. The molecule has 1 saturated heterocycles. The number of thiophene rings is 1. The van der Waals surface area contributed by atoms with Gasteiger partial charge in [-0.15, -0.1) is 11.3 Å². The predicted molar refractivity (Wildman–Crippen MR) is 85.3 cm³/mol. The van der Waals surface area contributed by atoms with Crippen molar-refractivity contribution in [3.8, 4) is 0 Å². The van der Waals surface area contributed by atoms with Gasteiger partial charge in [0.05, 0.1) is 16.5 Å². The van der Waals surface area contributed by atoms with Gasteiger partial charge in [-0.2, -0.15) is 0 Å². The van der Waals surface area contributed by atoms with E-state index in [2.05, 4.69) is 11.4 Å². The lowest BCUT2D eigenvalue weighted by Gasteiger charge is -2.08. The van der Waals surface area contributed by atoms with E-state index >= 15 is 0 Å². The van der Waals surface area contributed by atoms with Crippen molar-refractivity contribution >= 4 is 42.9 Å². The first-order valence-corrected chi connectivity index (χ1v) is 9.64. The molecule has 2 heterocycles. The highest BCUT2D eigenvalue weighted by Gasteiger charge is 2.27. The summed E-state index contributed by atoms with van der Waals surface area (Å²) in [6.07, 6.45) is 0.773. The quantitative estimate of drug-likeness (QED) is 0.937. The van der Waals surface area contributed by atoms with Gasteiger partial charge in [0.25, 0.3) is 0 Å². The summed E-state index contributed by atoms with van der Waals surface area (Å²) < 4.78 is 24.0. The van der Waals surface area contributed by atoms with Crippen molar-refractivity contribution < 1.29 is 8.42 Å². The lowest BCUT2D eigenvalue weighted by Crippen LogP contribution is -2.23. The van der Waals surface area contributed by atoms with Gasteiger partial charge in [0.15, 0.2) is 9.84 Å². The Balaban J connectivity index is 1.62. The Morgan fingerprint density at radius 2 is 2.15 bits per heavy atom. The van der Waals surface area contributed by atoms with Crippen LogP contribution in [-0.2, 0) is 16.4 Å². The maximum absolute atomic E-state index is 11.4. The number of sulfone groups is 1. The average Bonchev–Trinajstić information content (AvgIpc) is 2.91. The van der Waals surface area contributed by atoms with E-state index in [1.54, 1.807) is 11.3 Å². The number of rotatable bonds is 4. The summed E-state index contributed by atoms with van der Waals surface area (Å²) in [4.78, 5) is 1.12. The van der Waals surface area contributed by atoms with Crippen molar-refractivity contribution in [2.24, 2.45) is 5.92 Å². The third kappa shape index (κ3) is 3.01. The summed E-state index contributed by atoms with van der Waals surface area (Å²) >= 11 is 8.07. The van der Waals surface area contributed by atoms with Crippen LogP contribution in [0.25, 0.3) is 10.1 Å². The van der Waals surface area contributed by atoms with Gasteiger partial charge < -0.3 is 5.32 Å². The first-order valence-electron chi connectivity index (χ1n) is 6.62. The molecule has 108 valence electrons. The fourth-order valence-corrected chi connectivity index (χ4v) is 5.93. The first kappa shape index (κ1) is 14.3. The van der Waals surface area contributed by atoms with Gasteiger partial charge in [0.1, 0.15) is 0 Å². The van der Waals surface area contributed by atoms with Gasteiger partial charge in [0, 0.05) is 21.5 Å². The summed E-state index contributed by atoms with van der Waals surface area (Å²) in [6.45, 7) is 1.44. The molecule has 0 spiro atoms. The van der Waals surface area contributed by atoms with Gasteiger partial charge in [-0.1, -0.05) is 29.8 Å². The van der Waals surface area contributed by atoms with Crippen LogP contribution in [0.3, 0.4) is 0 Å². The molecule has 1 aliphatic rings. The van der Waals surface area contributed by atoms with E-state index in [0.717, 1.165) is 28.3 Å². The van der Waals surface area contributed by atoms with E-state index in [1.807, 2.05) is 18.2 Å². The van der Waals surface area contributed by atoms with Crippen LogP contribution in [0.4, 0.5) is 0 Å². The number of halogens is 1. The number of benzene rings is 1. The minimum atomic E-state index is -2.78. The molecule has 0 amide bonds. The predicted octanol–water partition coefficient (Wildman–Crippen LogP) is 3.08. The van der Waals surface area contributed by atoms with Crippen LogP contribution in [0.1, 0.15) is 11.3 Å². The highest BCUT2D eigenvalue weighted by Crippen LogP contribution is 2.35. The minimum absolute atomic E-state index is 0.244. The lowest BCUT2D eigenvalue weighted by atomic mass is 10.1. The second-order valence-electron chi connectivity index (χ2n) is 5.24. The SMILES string of the molecule is O=S1(=O)CC[C@H](CNCc2sc3ccccc3c2Cl)C1. The molecule has 1 aromatic carbocycles. The highest BCUT2D eigenvalue weighted by atomic mass is 35.5. The maximum Gasteiger partial charge on any atom is 0.150 e. The zero-order valence-corrected chi connectivity index (χ0v) is 13.3. The van der Waals surface area contributed by atoms with E-state index in [4.69, 9.17) is 11.6 Å². The molecule has 1 atom stereocenters. The molecule has 0 unspecified atom stereocenters. The van der Waals surface area contributed by atoms with Gasteiger partial charge in [-0.3, -0.25) is 0 Å². The number of hydrogen-bond donors (Lipinski definition) is 1. The van der Waals surface area contributed by atoms with Crippen molar-refractivity contribution in [3.63, 3.8) is 0 Å². The Bertz CT molecular complexity index is 724. The van der Waals surface area contributed by atoms with Crippen molar-refractivity contribution in [2.75, 3.05) is 18.1 Å². The van der Waals surface area contributed by atoms with Crippen molar-refractivity contribution in [1.82, 2.24) is 5.32 Å². The summed E-state index contributed by atoms with van der Waals surface area (Å²) in [5.41, 5.74) is 0. The molecule has 2 aromatic rings. The summed E-state index contributed by atoms with van der Waals surface area (Å²) in [7, 11) is -2.78. The van der Waals surface area contributed by atoms with Crippen LogP contribution >= 0.6 is 22.9 Å². The highest BCUT2D eigenvalue weighted by molar-refractivity contribution is 7.91. The Morgan fingerprint density at radius 1 is 1.35 bits per heavy atom. The maximum atomic E-state index is 11.4. The number of nitrogens with one attached hydrogen (secondary N) is 1. The second-order valence-corrected chi connectivity index (χ2v) is 8.98. The van der Waals surface area contributed by atoms with Crippen molar-refractivity contribution in [2.45, 2.75) is 13.0 Å². The standard InChI is InChI=1S/C14H16ClNO2S2/c15-14-11-3-1-2-4-12(11)19-13(14)8-16-7-10-5-6-20(17,18)9-10/h1-4,10,16H,5-9H2/t10-/m1/s1. The molecular weight excluding hydrogens is 314 g/mol. The van der Waals surface area contributed by atoms with Crippen molar-refractivity contribution in [3.05, 3.63) is 34.2 Å². The van der Waals surface area contributed by atoms with Gasteiger partial charge in [0.2, 0.25) is 0 Å². The van der Waals surface area contributed by atoms with E-state index < -0.39 is 9.84 Å². The lowest BCUT2D eigenvalue weighted by molar-refractivity contribution is 0.523. The molecule has 0 aliphatic carbocycles. The van der Waals surface area contributed by atoms with E-state index in [-0.39, 0.29) is 5.92 Å². The number of hydrogen-bond acceptors (Lipinski definition) is 4. The molecule has 1 N–H and O–H groups in total. The second kappa shape index (κ2) is 5.64. The largest absolute Gasteiger partial charge is 0.311 e. The van der Waals surface area contributed by atoms with Crippen LogP contribution in [0.15, 0.2) is 24.3 Å². The first-order chi connectivity index (χ1) is 9.55. The summed E-state index contributed by atoms with van der Waals surface area (Å²) in [5, 5.41) is 5.26. The van der Waals surface area contributed by atoms with Gasteiger partial charge >= 0.3 is 0 Å². The molecule has 1 aliphatic heterocycles.